The lowest BCUT2D eigenvalue weighted by molar-refractivity contribution is -0.394. The Morgan fingerprint density at radius 3 is 1.34 bits per heavy atom. The third-order valence-electron chi connectivity index (χ3n) is 6.66. The number of hydrogen-bond donors (Lipinski definition) is 0. The number of esters is 2. The summed E-state index contributed by atoms with van der Waals surface area (Å²) in [5.41, 5.74) is -3.67. The fourth-order valence-corrected chi connectivity index (χ4v) is 4.37. The predicted octanol–water partition coefficient (Wildman–Crippen LogP) is 6.14. The maximum absolute atomic E-state index is 13.2. The van der Waals surface area contributed by atoms with Crippen LogP contribution in [0, 0.1) is 40.5 Å². The maximum atomic E-state index is 13.2. The number of carbonyl (C=O) groups is 2. The van der Waals surface area contributed by atoms with E-state index in [9.17, 15) is 50.0 Å². The highest BCUT2D eigenvalue weighted by molar-refractivity contribution is 6.74. The Balaban J connectivity index is 2.08. The van der Waals surface area contributed by atoms with Crippen molar-refractivity contribution in [3.8, 4) is 17.2 Å². The Morgan fingerprint density at radius 1 is 0.636 bits per heavy atom. The van der Waals surface area contributed by atoms with Crippen molar-refractivity contribution in [1.82, 2.24) is 0 Å². The number of carbonyl (C=O) groups excluding carboxylic acids is 2. The summed E-state index contributed by atoms with van der Waals surface area (Å²) in [5.74, 6) is -3.65. The van der Waals surface area contributed by atoms with E-state index in [0.717, 1.165) is 30.3 Å². The summed E-state index contributed by atoms with van der Waals surface area (Å²) in [5, 5.41) is 44.7. The molecule has 0 unspecified atom stereocenters. The van der Waals surface area contributed by atoms with E-state index < -0.39 is 74.2 Å². The van der Waals surface area contributed by atoms with Crippen LogP contribution in [-0.2, 0) is 0 Å². The van der Waals surface area contributed by atoms with Crippen LogP contribution in [0.3, 0.4) is 0 Å². The van der Waals surface area contributed by atoms with Gasteiger partial charge in [0.05, 0.1) is 43.0 Å². The molecule has 17 nitrogen and oxygen atoms in total. The van der Waals surface area contributed by atoms with Crippen molar-refractivity contribution in [2.75, 3.05) is 0 Å². The minimum Gasteiger partial charge on any atom is -0.543 e. The lowest BCUT2D eigenvalue weighted by Crippen LogP contribution is -2.43. The SMILES string of the molecule is CC(C)(C)[Si](C)(C)Oc1cc(C(=O)Oc2ccc([N+](=O)[O-])cc2[N+](=O)[O-])cc(C(=O)Oc2ccc([N+](=O)[O-])cc2[N+](=O)[O-])c1. The summed E-state index contributed by atoms with van der Waals surface area (Å²) in [4.78, 5) is 67.7. The van der Waals surface area contributed by atoms with Gasteiger partial charge < -0.3 is 13.9 Å². The average molecular weight is 629 g/mol. The van der Waals surface area contributed by atoms with Crippen LogP contribution in [0.15, 0.2) is 54.6 Å². The van der Waals surface area contributed by atoms with Gasteiger partial charge in [-0.1, -0.05) is 20.8 Å². The Labute approximate surface area is 248 Å². The standard InChI is InChI=1S/C26H24N4O13Si/c1-26(2,3)44(4,5)43-19-11-15(24(31)41-22-8-6-17(27(33)34)13-20(22)29(37)38)10-16(12-19)25(32)42-23-9-7-18(28(35)36)14-21(23)30(39)40/h6-14H,1-5H3. The van der Waals surface area contributed by atoms with E-state index >= 15 is 0 Å². The van der Waals surface area contributed by atoms with Crippen LogP contribution in [0.5, 0.6) is 17.2 Å². The molecule has 0 aromatic heterocycles. The molecule has 0 N–H and O–H groups in total. The zero-order valence-electron chi connectivity index (χ0n) is 23.8. The first kappa shape index (κ1) is 32.7. The molecule has 0 bridgehead atoms. The first-order valence-electron chi connectivity index (χ1n) is 12.4. The minimum atomic E-state index is -2.60. The quantitative estimate of drug-likeness (QED) is 0.0807. The molecule has 0 spiro atoms. The highest BCUT2D eigenvalue weighted by atomic mass is 28.4. The van der Waals surface area contributed by atoms with Gasteiger partial charge in [-0.15, -0.1) is 0 Å². The molecule has 0 amide bonds. The van der Waals surface area contributed by atoms with Crippen LogP contribution in [0.25, 0.3) is 0 Å². The molecule has 230 valence electrons. The van der Waals surface area contributed by atoms with Gasteiger partial charge in [-0.3, -0.25) is 40.5 Å². The highest BCUT2D eigenvalue weighted by Gasteiger charge is 2.39. The van der Waals surface area contributed by atoms with Gasteiger partial charge in [0, 0.05) is 12.1 Å². The van der Waals surface area contributed by atoms with E-state index in [-0.39, 0.29) is 21.9 Å². The summed E-state index contributed by atoms with van der Waals surface area (Å²) in [6.45, 7) is 9.52. The summed E-state index contributed by atoms with van der Waals surface area (Å²) in [6.07, 6.45) is 0. The molecule has 3 aromatic carbocycles. The Kier molecular flexibility index (Phi) is 9.09. The largest absolute Gasteiger partial charge is 0.543 e. The second-order valence-corrected chi connectivity index (χ2v) is 15.4. The second kappa shape index (κ2) is 12.2. The van der Waals surface area contributed by atoms with E-state index in [4.69, 9.17) is 13.9 Å². The van der Waals surface area contributed by atoms with Gasteiger partial charge >= 0.3 is 23.3 Å². The number of non-ortho nitro benzene ring substituents is 2. The van der Waals surface area contributed by atoms with Crippen LogP contribution < -0.4 is 13.9 Å². The highest BCUT2D eigenvalue weighted by Crippen LogP contribution is 2.38. The minimum absolute atomic E-state index is 0.00869. The van der Waals surface area contributed by atoms with Gasteiger partial charge in [0.2, 0.25) is 19.8 Å². The van der Waals surface area contributed by atoms with E-state index in [1.54, 1.807) is 0 Å². The molecule has 0 heterocycles. The molecule has 0 radical (unpaired) electrons. The van der Waals surface area contributed by atoms with Gasteiger partial charge in [-0.2, -0.15) is 0 Å². The Morgan fingerprint density at radius 2 is 1.02 bits per heavy atom. The number of hydrogen-bond acceptors (Lipinski definition) is 13. The third kappa shape index (κ3) is 7.34. The number of nitro groups is 4. The van der Waals surface area contributed by atoms with Crippen LogP contribution in [0.1, 0.15) is 41.5 Å². The van der Waals surface area contributed by atoms with E-state index in [2.05, 4.69) is 0 Å². The monoisotopic (exact) mass is 628 g/mol. The van der Waals surface area contributed by atoms with Crippen LogP contribution >= 0.6 is 0 Å². The summed E-state index contributed by atoms with van der Waals surface area (Å²) in [6, 6.07) is 8.16. The first-order valence-corrected chi connectivity index (χ1v) is 15.4. The normalized spacial score (nSPS) is 11.3. The zero-order chi connectivity index (χ0) is 33.1. The molecule has 0 aliphatic carbocycles. The van der Waals surface area contributed by atoms with Crippen molar-refractivity contribution in [3.63, 3.8) is 0 Å². The number of nitrogens with zero attached hydrogens (tertiary/aromatic N) is 4. The lowest BCUT2D eigenvalue weighted by Gasteiger charge is -2.36. The molecule has 0 aliphatic rings. The van der Waals surface area contributed by atoms with Crippen molar-refractivity contribution in [2.24, 2.45) is 0 Å². The smallest absolute Gasteiger partial charge is 0.343 e. The van der Waals surface area contributed by atoms with Crippen LogP contribution in [-0.4, -0.2) is 39.9 Å². The molecule has 0 saturated heterocycles. The molecule has 0 saturated carbocycles. The molecular formula is C26H24N4O13Si. The van der Waals surface area contributed by atoms with Gasteiger partial charge in [0.15, 0.2) is 0 Å². The lowest BCUT2D eigenvalue weighted by atomic mass is 10.1. The van der Waals surface area contributed by atoms with Crippen molar-refractivity contribution in [2.45, 2.75) is 38.9 Å². The fourth-order valence-electron chi connectivity index (χ4n) is 3.36. The molecular weight excluding hydrogens is 604 g/mol. The maximum Gasteiger partial charge on any atom is 0.343 e. The summed E-state index contributed by atoms with van der Waals surface area (Å²) < 4.78 is 16.5. The van der Waals surface area contributed by atoms with Crippen LogP contribution in [0.4, 0.5) is 22.7 Å². The fraction of sp³-hybridized carbons (Fsp3) is 0.231. The molecule has 18 heteroatoms. The van der Waals surface area contributed by atoms with Gasteiger partial charge in [-0.25, -0.2) is 9.59 Å². The van der Waals surface area contributed by atoms with E-state index in [0.29, 0.717) is 12.1 Å². The number of ether oxygens (including phenoxy) is 2. The van der Waals surface area contributed by atoms with Gasteiger partial charge in [0.1, 0.15) is 5.75 Å². The van der Waals surface area contributed by atoms with Crippen molar-refractivity contribution >= 4 is 43.0 Å². The van der Waals surface area contributed by atoms with Crippen LogP contribution in [0.2, 0.25) is 18.1 Å². The summed E-state index contributed by atoms with van der Waals surface area (Å²) in [7, 11) is -2.60. The summed E-state index contributed by atoms with van der Waals surface area (Å²) >= 11 is 0. The molecule has 0 atom stereocenters. The number of nitro benzene ring substituents is 4. The van der Waals surface area contributed by atoms with E-state index in [1.165, 1.54) is 12.1 Å². The van der Waals surface area contributed by atoms with Crippen molar-refractivity contribution < 1.29 is 43.2 Å². The van der Waals surface area contributed by atoms with Gasteiger partial charge in [0.25, 0.3) is 11.4 Å². The first-order chi connectivity index (χ1) is 20.3. The molecule has 0 fully saturated rings. The Hall–Kier alpha value is -5.78. The number of benzene rings is 3. The Bertz CT molecular complexity index is 1610. The molecule has 3 rings (SSSR count). The predicted molar refractivity (Wildman–Crippen MR) is 154 cm³/mol. The molecule has 44 heavy (non-hydrogen) atoms. The molecule has 0 aliphatic heterocycles. The second-order valence-electron chi connectivity index (χ2n) is 10.7. The average Bonchev–Trinajstić information content (AvgIpc) is 2.91. The topological polar surface area (TPSA) is 234 Å². The molecule has 3 aromatic rings. The van der Waals surface area contributed by atoms with E-state index in [1.807, 2.05) is 33.9 Å². The third-order valence-corrected chi connectivity index (χ3v) is 11.0. The zero-order valence-corrected chi connectivity index (χ0v) is 24.8. The van der Waals surface area contributed by atoms with Crippen molar-refractivity contribution in [3.05, 3.63) is 106 Å². The van der Waals surface area contributed by atoms with Gasteiger partial charge in [-0.05, 0) is 48.5 Å². The van der Waals surface area contributed by atoms with Crippen molar-refractivity contribution in [1.29, 1.82) is 0 Å². The number of rotatable bonds is 10.